The first-order chi connectivity index (χ1) is 13.5. The van der Waals surface area contributed by atoms with E-state index in [0.29, 0.717) is 36.6 Å². The van der Waals surface area contributed by atoms with Crippen molar-refractivity contribution in [3.8, 4) is 0 Å². The van der Waals surface area contributed by atoms with Gasteiger partial charge in [-0.15, -0.1) is 0 Å². The number of carbonyl (C=O) groups is 2. The maximum atomic E-state index is 12.4. The van der Waals surface area contributed by atoms with Crippen molar-refractivity contribution in [1.82, 2.24) is 15.1 Å². The fourth-order valence-electron chi connectivity index (χ4n) is 3.15. The number of amides is 2. The van der Waals surface area contributed by atoms with Gasteiger partial charge in [-0.1, -0.05) is 35.3 Å². The highest BCUT2D eigenvalue weighted by atomic mass is 35.5. The van der Waals surface area contributed by atoms with E-state index in [9.17, 15) is 9.59 Å². The van der Waals surface area contributed by atoms with E-state index >= 15 is 0 Å². The molecule has 148 valence electrons. The highest BCUT2D eigenvalue weighted by Gasteiger charge is 2.21. The molecule has 2 amide bonds. The molecule has 3 rings (SSSR count). The topological polar surface area (TPSA) is 52.7 Å². The van der Waals surface area contributed by atoms with Crippen molar-refractivity contribution in [1.29, 1.82) is 0 Å². The van der Waals surface area contributed by atoms with Gasteiger partial charge in [0.2, 0.25) is 5.91 Å². The molecule has 0 spiro atoms. The molecule has 0 aromatic heterocycles. The maximum Gasteiger partial charge on any atom is 0.251 e. The zero-order chi connectivity index (χ0) is 19.9. The second kappa shape index (κ2) is 9.92. The Kier molecular flexibility index (Phi) is 7.31. The van der Waals surface area contributed by atoms with Crippen LogP contribution in [-0.2, 0) is 11.3 Å². The monoisotopic (exact) mass is 419 g/mol. The molecule has 2 aromatic rings. The standard InChI is InChI=1S/C21H23Cl2N3O2/c22-18-5-1-16(2-6-18)15-25-11-13-26(14-12-25)20(27)9-10-24-21(28)17-3-7-19(23)8-4-17/h1-8H,9-15H2,(H,24,28). The molecule has 0 aliphatic carbocycles. The maximum absolute atomic E-state index is 12.4. The Morgan fingerprint density at radius 3 is 2.04 bits per heavy atom. The normalized spacial score (nSPS) is 14.7. The smallest absolute Gasteiger partial charge is 0.251 e. The summed E-state index contributed by atoms with van der Waals surface area (Å²) in [6.07, 6.45) is 0.302. The fraction of sp³-hybridized carbons (Fsp3) is 0.333. The minimum absolute atomic E-state index is 0.0718. The van der Waals surface area contributed by atoms with Crippen LogP contribution < -0.4 is 5.32 Å². The quantitative estimate of drug-likeness (QED) is 0.779. The van der Waals surface area contributed by atoms with Crippen molar-refractivity contribution >= 4 is 35.0 Å². The molecule has 0 radical (unpaired) electrons. The number of nitrogens with one attached hydrogen (secondary N) is 1. The molecule has 28 heavy (non-hydrogen) atoms. The first kappa shape index (κ1) is 20.6. The number of nitrogens with zero attached hydrogens (tertiary/aromatic N) is 2. The summed E-state index contributed by atoms with van der Waals surface area (Å²) in [6.45, 7) is 4.27. The molecule has 2 aromatic carbocycles. The number of carbonyl (C=O) groups excluding carboxylic acids is 2. The zero-order valence-electron chi connectivity index (χ0n) is 15.5. The van der Waals surface area contributed by atoms with Crippen LogP contribution in [0.2, 0.25) is 10.0 Å². The third kappa shape index (κ3) is 5.96. The van der Waals surface area contributed by atoms with E-state index in [1.807, 2.05) is 29.2 Å². The Morgan fingerprint density at radius 1 is 0.857 bits per heavy atom. The van der Waals surface area contributed by atoms with Crippen molar-refractivity contribution in [3.05, 3.63) is 69.7 Å². The summed E-state index contributed by atoms with van der Waals surface area (Å²) in [5.41, 5.74) is 1.75. The van der Waals surface area contributed by atoms with E-state index in [4.69, 9.17) is 23.2 Å². The van der Waals surface area contributed by atoms with E-state index in [0.717, 1.165) is 24.7 Å². The van der Waals surface area contributed by atoms with E-state index in [1.165, 1.54) is 5.56 Å². The van der Waals surface area contributed by atoms with Crippen molar-refractivity contribution in [2.45, 2.75) is 13.0 Å². The van der Waals surface area contributed by atoms with Gasteiger partial charge in [0.05, 0.1) is 0 Å². The first-order valence-electron chi connectivity index (χ1n) is 9.29. The number of piperazine rings is 1. The molecule has 5 nitrogen and oxygen atoms in total. The van der Waals surface area contributed by atoms with Gasteiger partial charge in [-0.25, -0.2) is 0 Å². The third-order valence-electron chi connectivity index (χ3n) is 4.78. The van der Waals surface area contributed by atoms with E-state index < -0.39 is 0 Å². The molecule has 1 saturated heterocycles. The molecular weight excluding hydrogens is 397 g/mol. The second-order valence-electron chi connectivity index (χ2n) is 6.80. The summed E-state index contributed by atoms with van der Waals surface area (Å²) in [5.74, 6) is -0.125. The summed E-state index contributed by atoms with van der Waals surface area (Å²) in [5, 5.41) is 4.11. The number of rotatable bonds is 6. The molecular formula is C21H23Cl2N3O2. The van der Waals surface area contributed by atoms with Crippen molar-refractivity contribution in [2.24, 2.45) is 0 Å². The molecule has 1 aliphatic heterocycles. The summed E-state index contributed by atoms with van der Waals surface area (Å²) in [4.78, 5) is 28.6. The van der Waals surface area contributed by atoms with Crippen LogP contribution in [0, 0.1) is 0 Å². The van der Waals surface area contributed by atoms with Gasteiger partial charge >= 0.3 is 0 Å². The Balaban J connectivity index is 1.37. The number of halogens is 2. The summed E-state index contributed by atoms with van der Waals surface area (Å²) < 4.78 is 0. The van der Waals surface area contributed by atoms with Gasteiger partial charge in [-0.2, -0.15) is 0 Å². The Hall–Kier alpha value is -2.08. The SMILES string of the molecule is O=C(NCCC(=O)N1CCN(Cc2ccc(Cl)cc2)CC1)c1ccc(Cl)cc1. The fourth-order valence-corrected chi connectivity index (χ4v) is 3.40. The van der Waals surface area contributed by atoms with E-state index in [-0.39, 0.29) is 11.8 Å². The lowest BCUT2D eigenvalue weighted by molar-refractivity contribution is -0.132. The number of hydrogen-bond donors (Lipinski definition) is 1. The van der Waals surface area contributed by atoms with Crippen molar-refractivity contribution in [2.75, 3.05) is 32.7 Å². The minimum atomic E-state index is -0.197. The Labute approximate surface area is 175 Å². The van der Waals surface area contributed by atoms with Gasteiger partial charge in [0, 0.05) is 61.3 Å². The largest absolute Gasteiger partial charge is 0.352 e. The average molecular weight is 420 g/mol. The Morgan fingerprint density at radius 2 is 1.43 bits per heavy atom. The third-order valence-corrected chi connectivity index (χ3v) is 5.28. The number of hydrogen-bond acceptors (Lipinski definition) is 3. The molecule has 1 aliphatic rings. The van der Waals surface area contributed by atoms with Crippen molar-refractivity contribution < 1.29 is 9.59 Å². The average Bonchev–Trinajstić information content (AvgIpc) is 2.70. The van der Waals surface area contributed by atoms with Crippen LogP contribution >= 0.6 is 23.2 Å². The van der Waals surface area contributed by atoms with Gasteiger partial charge in [-0.3, -0.25) is 14.5 Å². The highest BCUT2D eigenvalue weighted by Crippen LogP contribution is 2.13. The molecule has 1 N–H and O–H groups in total. The van der Waals surface area contributed by atoms with E-state index in [1.54, 1.807) is 24.3 Å². The zero-order valence-corrected chi connectivity index (χ0v) is 17.0. The molecule has 7 heteroatoms. The van der Waals surface area contributed by atoms with Crippen LogP contribution in [0.3, 0.4) is 0 Å². The lowest BCUT2D eigenvalue weighted by Crippen LogP contribution is -2.48. The molecule has 1 fully saturated rings. The molecule has 0 saturated carbocycles. The van der Waals surface area contributed by atoms with E-state index in [2.05, 4.69) is 10.2 Å². The summed E-state index contributed by atoms with van der Waals surface area (Å²) in [6, 6.07) is 14.5. The Bertz CT molecular complexity index is 801. The predicted octanol–water partition coefficient (Wildman–Crippen LogP) is 3.46. The molecule has 0 bridgehead atoms. The summed E-state index contributed by atoms with van der Waals surface area (Å²) >= 11 is 11.7. The minimum Gasteiger partial charge on any atom is -0.352 e. The lowest BCUT2D eigenvalue weighted by atomic mass is 10.2. The van der Waals surface area contributed by atoms with Crippen LogP contribution in [0.1, 0.15) is 22.3 Å². The van der Waals surface area contributed by atoms with Gasteiger partial charge in [0.25, 0.3) is 5.91 Å². The van der Waals surface area contributed by atoms with Gasteiger partial charge < -0.3 is 10.2 Å². The van der Waals surface area contributed by atoms with Gasteiger partial charge in [0.15, 0.2) is 0 Å². The lowest BCUT2D eigenvalue weighted by Gasteiger charge is -2.34. The molecule has 0 atom stereocenters. The van der Waals surface area contributed by atoms with Crippen LogP contribution in [-0.4, -0.2) is 54.3 Å². The second-order valence-corrected chi connectivity index (χ2v) is 7.67. The van der Waals surface area contributed by atoms with Crippen LogP contribution in [0.4, 0.5) is 0 Å². The molecule has 1 heterocycles. The first-order valence-corrected chi connectivity index (χ1v) is 10.1. The predicted molar refractivity (Wildman–Crippen MR) is 112 cm³/mol. The van der Waals surface area contributed by atoms with Crippen molar-refractivity contribution in [3.63, 3.8) is 0 Å². The van der Waals surface area contributed by atoms with Crippen LogP contribution in [0.5, 0.6) is 0 Å². The highest BCUT2D eigenvalue weighted by molar-refractivity contribution is 6.30. The van der Waals surface area contributed by atoms with Crippen LogP contribution in [0.15, 0.2) is 48.5 Å². The number of benzene rings is 2. The van der Waals surface area contributed by atoms with Gasteiger partial charge in [0.1, 0.15) is 0 Å². The van der Waals surface area contributed by atoms with Crippen LogP contribution in [0.25, 0.3) is 0 Å². The van der Waals surface area contributed by atoms with Gasteiger partial charge in [-0.05, 0) is 42.0 Å². The summed E-state index contributed by atoms with van der Waals surface area (Å²) in [7, 11) is 0. The molecule has 0 unspecified atom stereocenters.